The van der Waals surface area contributed by atoms with Crippen molar-refractivity contribution in [3.8, 4) is 5.75 Å². The molecule has 0 spiro atoms. The van der Waals surface area contributed by atoms with E-state index in [0.717, 1.165) is 36.1 Å². The second-order valence-corrected chi connectivity index (χ2v) is 10.6. The van der Waals surface area contributed by atoms with Crippen molar-refractivity contribution in [2.75, 3.05) is 17.2 Å². The fourth-order valence-corrected chi connectivity index (χ4v) is 5.49. The minimum atomic E-state index is -0.307. The molecule has 3 heterocycles. The van der Waals surface area contributed by atoms with Crippen molar-refractivity contribution >= 4 is 39.8 Å². The first-order valence-electron chi connectivity index (χ1n) is 12.5. The molecular formula is C28H30N6O3S. The molecule has 2 amide bonds. The van der Waals surface area contributed by atoms with Crippen LogP contribution in [-0.2, 0) is 11.3 Å². The molecular weight excluding hydrogens is 500 g/mol. The molecule has 2 aromatic heterocycles. The Morgan fingerprint density at radius 2 is 1.89 bits per heavy atom. The Labute approximate surface area is 225 Å². The summed E-state index contributed by atoms with van der Waals surface area (Å²) in [6.45, 7) is 6.44. The fourth-order valence-electron chi connectivity index (χ4n) is 4.78. The van der Waals surface area contributed by atoms with Crippen LogP contribution in [0.5, 0.6) is 5.75 Å². The number of phenols is 1. The number of hydrogen-bond acceptors (Lipinski definition) is 7. The molecule has 1 unspecified atom stereocenters. The Balaban J connectivity index is 1.24. The van der Waals surface area contributed by atoms with Crippen molar-refractivity contribution in [3.63, 3.8) is 0 Å². The van der Waals surface area contributed by atoms with E-state index in [1.807, 2.05) is 43.1 Å². The van der Waals surface area contributed by atoms with Crippen molar-refractivity contribution in [1.29, 1.82) is 0 Å². The van der Waals surface area contributed by atoms with Gasteiger partial charge in [0.1, 0.15) is 17.2 Å². The Morgan fingerprint density at radius 1 is 1.11 bits per heavy atom. The van der Waals surface area contributed by atoms with Crippen LogP contribution in [0.1, 0.15) is 50.8 Å². The van der Waals surface area contributed by atoms with Gasteiger partial charge in [-0.25, -0.2) is 4.98 Å². The standard InChI is InChI=1S/C28H30N6O3S/c1-17-11-12-22(35)19(3)25(17)30-27(37)23-14-29-28(38-23)31-26-18(2)15-33(32-26)16-24(36)34-13-7-10-21(34)20-8-5-4-6-9-20/h4-6,8-9,11-12,14-15,21,35H,7,10,13,16H2,1-3H3,(H,30,37)(H,29,31,32). The van der Waals surface area contributed by atoms with Crippen LogP contribution in [0.2, 0.25) is 0 Å². The number of rotatable bonds is 7. The highest BCUT2D eigenvalue weighted by Gasteiger charge is 2.30. The van der Waals surface area contributed by atoms with Crippen LogP contribution >= 0.6 is 11.3 Å². The average Bonchev–Trinajstić information content (AvgIpc) is 3.65. The summed E-state index contributed by atoms with van der Waals surface area (Å²) in [5.74, 6) is 0.442. The van der Waals surface area contributed by atoms with E-state index in [-0.39, 0.29) is 30.2 Å². The van der Waals surface area contributed by atoms with Gasteiger partial charge >= 0.3 is 0 Å². The molecule has 38 heavy (non-hydrogen) atoms. The molecule has 10 heteroatoms. The largest absolute Gasteiger partial charge is 0.508 e. The van der Waals surface area contributed by atoms with Gasteiger partial charge < -0.3 is 20.6 Å². The zero-order valence-corrected chi connectivity index (χ0v) is 22.4. The van der Waals surface area contributed by atoms with E-state index in [0.29, 0.717) is 27.1 Å². The third kappa shape index (κ3) is 5.26. The molecule has 2 aromatic carbocycles. The maximum absolute atomic E-state index is 13.1. The number of phenolic OH excluding ortho intramolecular Hbond substituents is 1. The minimum absolute atomic E-state index is 0.0381. The van der Waals surface area contributed by atoms with Gasteiger partial charge in [0.25, 0.3) is 5.91 Å². The zero-order valence-electron chi connectivity index (χ0n) is 21.6. The second-order valence-electron chi connectivity index (χ2n) is 9.52. The van der Waals surface area contributed by atoms with Gasteiger partial charge in [-0.15, -0.1) is 0 Å². The summed E-state index contributed by atoms with van der Waals surface area (Å²) < 4.78 is 1.65. The van der Waals surface area contributed by atoms with Gasteiger partial charge in [-0.1, -0.05) is 47.7 Å². The first-order chi connectivity index (χ1) is 18.3. The molecule has 1 aliphatic heterocycles. The molecule has 5 rings (SSSR count). The van der Waals surface area contributed by atoms with Crippen LogP contribution in [0.3, 0.4) is 0 Å². The van der Waals surface area contributed by atoms with E-state index < -0.39 is 0 Å². The van der Waals surface area contributed by atoms with E-state index >= 15 is 0 Å². The molecule has 0 aliphatic carbocycles. The first-order valence-corrected chi connectivity index (χ1v) is 13.3. The van der Waals surface area contributed by atoms with Crippen LogP contribution in [-0.4, -0.2) is 43.1 Å². The lowest BCUT2D eigenvalue weighted by Crippen LogP contribution is -2.33. The second kappa shape index (κ2) is 10.7. The SMILES string of the molecule is Cc1cn(CC(=O)N2CCCC2c2ccccc2)nc1Nc1ncc(C(=O)Nc2c(C)ccc(O)c2C)s1. The Kier molecular flexibility index (Phi) is 7.15. The Morgan fingerprint density at radius 3 is 2.68 bits per heavy atom. The molecule has 0 saturated carbocycles. The highest BCUT2D eigenvalue weighted by Crippen LogP contribution is 2.32. The third-order valence-corrected chi connectivity index (χ3v) is 7.75. The maximum atomic E-state index is 13.1. The number of aryl methyl sites for hydroxylation is 2. The number of nitrogens with one attached hydrogen (secondary N) is 2. The number of thiazole rings is 1. The Hall–Kier alpha value is -4.18. The molecule has 4 aromatic rings. The number of amides is 2. The normalized spacial score (nSPS) is 15.0. The quantitative estimate of drug-likeness (QED) is 0.298. The highest BCUT2D eigenvalue weighted by molar-refractivity contribution is 7.17. The van der Waals surface area contributed by atoms with E-state index in [1.54, 1.807) is 23.7 Å². The average molecular weight is 531 g/mol. The predicted molar refractivity (Wildman–Crippen MR) is 148 cm³/mol. The lowest BCUT2D eigenvalue weighted by Gasteiger charge is -2.25. The van der Waals surface area contributed by atoms with E-state index in [4.69, 9.17) is 0 Å². The lowest BCUT2D eigenvalue weighted by atomic mass is 10.0. The summed E-state index contributed by atoms with van der Waals surface area (Å²) in [4.78, 5) is 32.7. The molecule has 1 fully saturated rings. The molecule has 1 saturated heterocycles. The molecule has 9 nitrogen and oxygen atoms in total. The van der Waals surface area contributed by atoms with Gasteiger partial charge in [0.2, 0.25) is 5.91 Å². The molecule has 0 bridgehead atoms. The third-order valence-electron chi connectivity index (χ3n) is 6.84. The number of nitrogens with zero attached hydrogens (tertiary/aromatic N) is 4. The van der Waals surface area contributed by atoms with Crippen LogP contribution in [0, 0.1) is 20.8 Å². The number of aromatic hydroxyl groups is 1. The summed E-state index contributed by atoms with van der Waals surface area (Å²) in [7, 11) is 0. The van der Waals surface area contributed by atoms with Crippen molar-refractivity contribution in [3.05, 3.63) is 82.0 Å². The maximum Gasteiger partial charge on any atom is 0.267 e. The molecule has 1 aliphatic rings. The minimum Gasteiger partial charge on any atom is -0.508 e. The Bertz CT molecular complexity index is 1480. The highest BCUT2D eigenvalue weighted by atomic mass is 32.1. The number of anilines is 3. The molecule has 1 atom stereocenters. The number of hydrogen-bond donors (Lipinski definition) is 3. The van der Waals surface area contributed by atoms with Gasteiger partial charge in [0.05, 0.1) is 17.9 Å². The van der Waals surface area contributed by atoms with Gasteiger partial charge in [0.15, 0.2) is 10.9 Å². The number of aromatic nitrogens is 3. The molecule has 0 radical (unpaired) electrons. The first kappa shape index (κ1) is 25.5. The summed E-state index contributed by atoms with van der Waals surface area (Å²) in [5, 5.41) is 21.1. The van der Waals surface area contributed by atoms with Crippen molar-refractivity contribution in [2.45, 2.75) is 46.2 Å². The fraction of sp³-hybridized carbons (Fsp3) is 0.286. The van der Waals surface area contributed by atoms with Crippen molar-refractivity contribution < 1.29 is 14.7 Å². The van der Waals surface area contributed by atoms with Crippen LogP contribution in [0.25, 0.3) is 0 Å². The van der Waals surface area contributed by atoms with E-state index in [2.05, 4.69) is 32.8 Å². The van der Waals surface area contributed by atoms with E-state index in [1.165, 1.54) is 17.5 Å². The van der Waals surface area contributed by atoms with Crippen molar-refractivity contribution in [2.24, 2.45) is 0 Å². The van der Waals surface area contributed by atoms with Gasteiger partial charge in [-0.05, 0) is 50.8 Å². The zero-order chi connectivity index (χ0) is 26.8. The van der Waals surface area contributed by atoms with Crippen molar-refractivity contribution in [1.82, 2.24) is 19.7 Å². The number of carbonyl (C=O) groups is 2. The summed E-state index contributed by atoms with van der Waals surface area (Å²) in [6, 6.07) is 13.6. The topological polar surface area (TPSA) is 112 Å². The van der Waals surface area contributed by atoms with Crippen LogP contribution < -0.4 is 10.6 Å². The molecule has 3 N–H and O–H groups in total. The number of carbonyl (C=O) groups excluding carboxylic acids is 2. The summed E-state index contributed by atoms with van der Waals surface area (Å²) in [5.41, 5.74) is 4.09. The summed E-state index contributed by atoms with van der Waals surface area (Å²) in [6.07, 6.45) is 5.29. The number of benzene rings is 2. The molecule has 196 valence electrons. The lowest BCUT2D eigenvalue weighted by molar-refractivity contribution is -0.133. The van der Waals surface area contributed by atoms with Gasteiger partial charge in [-0.2, -0.15) is 5.10 Å². The monoisotopic (exact) mass is 530 g/mol. The smallest absolute Gasteiger partial charge is 0.267 e. The summed E-state index contributed by atoms with van der Waals surface area (Å²) >= 11 is 1.20. The van der Waals surface area contributed by atoms with E-state index in [9.17, 15) is 14.7 Å². The predicted octanol–water partition coefficient (Wildman–Crippen LogP) is 5.33. The van der Waals surface area contributed by atoms with Crippen LogP contribution in [0.15, 0.2) is 54.9 Å². The van der Waals surface area contributed by atoms with Crippen LogP contribution in [0.4, 0.5) is 16.6 Å². The number of likely N-dealkylation sites (tertiary alicyclic amines) is 1. The van der Waals surface area contributed by atoms with Gasteiger partial charge in [0, 0.05) is 23.9 Å². The van der Waals surface area contributed by atoms with Gasteiger partial charge in [-0.3, -0.25) is 14.3 Å².